The van der Waals surface area contributed by atoms with E-state index in [2.05, 4.69) is 21.2 Å². The number of nitrogens with one attached hydrogen (secondary N) is 1. The maximum atomic E-state index is 12.1. The maximum Gasteiger partial charge on any atom is 0.182 e. The van der Waals surface area contributed by atoms with Crippen LogP contribution in [0.15, 0.2) is 16.6 Å². The van der Waals surface area contributed by atoms with E-state index in [0.29, 0.717) is 6.54 Å². The number of halogens is 1. The van der Waals surface area contributed by atoms with Crippen LogP contribution >= 0.6 is 15.9 Å². The average Bonchev–Trinajstić information content (AvgIpc) is 2.69. The van der Waals surface area contributed by atoms with E-state index in [1.54, 1.807) is 0 Å². The Hall–Kier alpha value is -1.42. The van der Waals surface area contributed by atoms with Crippen LogP contribution in [0.4, 0.5) is 5.69 Å². The zero-order valence-corrected chi connectivity index (χ0v) is 12.7. The number of aromatic nitrogens is 1. The molecule has 2 aliphatic rings. The lowest BCUT2D eigenvalue weighted by atomic mass is 9.94. The van der Waals surface area contributed by atoms with Crippen molar-refractivity contribution < 1.29 is 4.79 Å². The van der Waals surface area contributed by atoms with Gasteiger partial charge < -0.3 is 5.32 Å². The van der Waals surface area contributed by atoms with E-state index in [4.69, 9.17) is 4.98 Å². The monoisotopic (exact) mass is 330 g/mol. The largest absolute Gasteiger partial charge is 0.377 e. The van der Waals surface area contributed by atoms with Gasteiger partial charge in [0, 0.05) is 26.8 Å². The zero-order chi connectivity index (χ0) is 13.7. The molecule has 0 unspecified atom stereocenters. The summed E-state index contributed by atoms with van der Waals surface area (Å²) in [7, 11) is 0. The third-order valence-electron chi connectivity index (χ3n) is 4.34. The van der Waals surface area contributed by atoms with Gasteiger partial charge in [0.25, 0.3) is 0 Å². The van der Waals surface area contributed by atoms with Crippen LogP contribution < -0.4 is 5.32 Å². The Balaban J connectivity index is 2.13. The van der Waals surface area contributed by atoms with Gasteiger partial charge in [-0.05, 0) is 59.3 Å². The molecule has 4 rings (SSSR count). The molecule has 0 saturated carbocycles. The zero-order valence-electron chi connectivity index (χ0n) is 11.1. The predicted molar refractivity (Wildman–Crippen MR) is 83.5 cm³/mol. The normalized spacial score (nSPS) is 17.6. The summed E-state index contributed by atoms with van der Waals surface area (Å²) in [6, 6.07) is 3.87. The molecule has 2 aromatic rings. The van der Waals surface area contributed by atoms with Gasteiger partial charge in [0.05, 0.1) is 12.1 Å². The second-order valence-electron chi connectivity index (χ2n) is 5.57. The Morgan fingerprint density at radius 1 is 1.15 bits per heavy atom. The van der Waals surface area contributed by atoms with Gasteiger partial charge in [-0.3, -0.25) is 9.78 Å². The number of ketones is 1. The van der Waals surface area contributed by atoms with E-state index in [1.165, 1.54) is 30.5 Å². The van der Waals surface area contributed by atoms with Crippen molar-refractivity contribution in [3.63, 3.8) is 0 Å². The van der Waals surface area contributed by atoms with Gasteiger partial charge in [0.1, 0.15) is 0 Å². The van der Waals surface area contributed by atoms with Crippen LogP contribution in [0.1, 0.15) is 40.9 Å². The third kappa shape index (κ3) is 1.71. The number of carbonyl (C=O) groups excluding carboxylic acids is 1. The molecule has 0 atom stereocenters. The van der Waals surface area contributed by atoms with Crippen molar-refractivity contribution in [1.82, 2.24) is 4.98 Å². The number of benzene rings is 1. The van der Waals surface area contributed by atoms with E-state index >= 15 is 0 Å². The minimum absolute atomic E-state index is 0.158. The van der Waals surface area contributed by atoms with Crippen LogP contribution in [0.25, 0.3) is 10.9 Å². The lowest BCUT2D eigenvalue weighted by Gasteiger charge is -2.23. The maximum absolute atomic E-state index is 12.1. The van der Waals surface area contributed by atoms with Crippen LogP contribution in [0, 0.1) is 0 Å². The molecular formula is C16H15BrN2O. The van der Waals surface area contributed by atoms with Crippen molar-refractivity contribution in [3.05, 3.63) is 33.4 Å². The molecule has 3 nitrogen and oxygen atoms in total. The smallest absolute Gasteiger partial charge is 0.182 e. The summed E-state index contributed by atoms with van der Waals surface area (Å²) in [5.74, 6) is 0.158. The minimum atomic E-state index is 0.158. The number of pyridine rings is 1. The quantitative estimate of drug-likeness (QED) is 0.745. The number of hydrogen-bond donors (Lipinski definition) is 1. The van der Waals surface area contributed by atoms with Gasteiger partial charge in [0.15, 0.2) is 5.78 Å². The van der Waals surface area contributed by atoms with Crippen molar-refractivity contribution in [2.24, 2.45) is 0 Å². The molecule has 0 spiro atoms. The standard InChI is InChI=1S/C16H15BrN2O/c17-11-7-6-10-13(20)8-18-15-9-4-2-1-3-5-12(9)19-16(11)14(10)15/h6-7,18H,1-5,8H2. The number of anilines is 1. The topological polar surface area (TPSA) is 42.0 Å². The number of rotatable bonds is 0. The van der Waals surface area contributed by atoms with E-state index in [0.717, 1.165) is 39.5 Å². The summed E-state index contributed by atoms with van der Waals surface area (Å²) in [6.45, 7) is 0.403. The van der Waals surface area contributed by atoms with Crippen molar-refractivity contribution in [1.29, 1.82) is 0 Å². The second-order valence-corrected chi connectivity index (χ2v) is 6.42. The Kier molecular flexibility index (Phi) is 2.81. The number of fused-ring (bicyclic) bond motifs is 2. The summed E-state index contributed by atoms with van der Waals surface area (Å²) in [6.07, 6.45) is 5.80. The number of Topliss-reactive ketones (excluding diaryl/α,β-unsaturated/α-hetero) is 1. The van der Waals surface area contributed by atoms with Crippen molar-refractivity contribution >= 4 is 38.3 Å². The van der Waals surface area contributed by atoms with Gasteiger partial charge in [-0.1, -0.05) is 6.42 Å². The molecule has 0 bridgehead atoms. The molecule has 102 valence electrons. The SMILES string of the molecule is O=C1CNc2c3c(nc4c(Br)ccc1c24)CCCCC3. The highest BCUT2D eigenvalue weighted by atomic mass is 79.9. The predicted octanol–water partition coefficient (Wildman–Crippen LogP) is 3.87. The molecule has 1 aromatic carbocycles. The Labute approximate surface area is 125 Å². The van der Waals surface area contributed by atoms with Crippen molar-refractivity contribution in [2.75, 3.05) is 11.9 Å². The Bertz CT molecular complexity index is 739. The fourth-order valence-electron chi connectivity index (χ4n) is 3.36. The van der Waals surface area contributed by atoms with Gasteiger partial charge in [-0.25, -0.2) is 0 Å². The Morgan fingerprint density at radius 2 is 2.00 bits per heavy atom. The van der Waals surface area contributed by atoms with Crippen LogP contribution in [0.3, 0.4) is 0 Å². The molecule has 20 heavy (non-hydrogen) atoms. The molecule has 0 amide bonds. The fourth-order valence-corrected chi connectivity index (χ4v) is 3.78. The van der Waals surface area contributed by atoms with Gasteiger partial charge >= 0.3 is 0 Å². The Morgan fingerprint density at radius 3 is 2.90 bits per heavy atom. The molecular weight excluding hydrogens is 316 g/mol. The van der Waals surface area contributed by atoms with Crippen LogP contribution in [0.2, 0.25) is 0 Å². The summed E-state index contributed by atoms with van der Waals surface area (Å²) >= 11 is 3.58. The molecule has 1 aromatic heterocycles. The average molecular weight is 331 g/mol. The second kappa shape index (κ2) is 4.55. The van der Waals surface area contributed by atoms with Crippen LogP contribution in [-0.4, -0.2) is 17.3 Å². The lowest BCUT2D eigenvalue weighted by molar-refractivity contribution is 0.101. The van der Waals surface area contributed by atoms with Gasteiger partial charge in [-0.2, -0.15) is 0 Å². The molecule has 0 saturated heterocycles. The number of nitrogens with zero attached hydrogens (tertiary/aromatic N) is 1. The van der Waals surface area contributed by atoms with E-state index in [9.17, 15) is 4.79 Å². The van der Waals surface area contributed by atoms with Crippen molar-refractivity contribution in [3.8, 4) is 0 Å². The molecule has 4 heteroatoms. The highest BCUT2D eigenvalue weighted by Crippen LogP contribution is 2.39. The van der Waals surface area contributed by atoms with Gasteiger partial charge in [-0.15, -0.1) is 0 Å². The molecule has 0 radical (unpaired) electrons. The summed E-state index contributed by atoms with van der Waals surface area (Å²) < 4.78 is 0.973. The molecule has 2 heterocycles. The summed E-state index contributed by atoms with van der Waals surface area (Å²) in [5.41, 5.74) is 5.45. The first-order valence-electron chi connectivity index (χ1n) is 7.17. The molecule has 1 aliphatic heterocycles. The highest BCUT2D eigenvalue weighted by molar-refractivity contribution is 9.10. The van der Waals surface area contributed by atoms with Gasteiger partial charge in [0.2, 0.25) is 0 Å². The van der Waals surface area contributed by atoms with E-state index in [-0.39, 0.29) is 5.78 Å². The van der Waals surface area contributed by atoms with E-state index < -0.39 is 0 Å². The van der Waals surface area contributed by atoms with E-state index in [1.807, 2.05) is 12.1 Å². The summed E-state index contributed by atoms with van der Waals surface area (Å²) in [5, 5.41) is 4.36. The third-order valence-corrected chi connectivity index (χ3v) is 4.98. The minimum Gasteiger partial charge on any atom is -0.377 e. The van der Waals surface area contributed by atoms with Crippen molar-refractivity contribution in [2.45, 2.75) is 32.1 Å². The number of carbonyl (C=O) groups is 1. The molecule has 1 N–H and O–H groups in total. The first-order valence-corrected chi connectivity index (χ1v) is 7.96. The van der Waals surface area contributed by atoms with Crippen LogP contribution in [-0.2, 0) is 12.8 Å². The first-order chi connectivity index (χ1) is 9.75. The highest BCUT2D eigenvalue weighted by Gasteiger charge is 2.25. The van der Waals surface area contributed by atoms with Crippen LogP contribution in [0.5, 0.6) is 0 Å². The number of hydrogen-bond acceptors (Lipinski definition) is 3. The molecule has 0 fully saturated rings. The summed E-state index contributed by atoms with van der Waals surface area (Å²) in [4.78, 5) is 17.0. The molecule has 1 aliphatic carbocycles. The fraction of sp³-hybridized carbons (Fsp3) is 0.375. The first kappa shape index (κ1) is 12.3. The lowest BCUT2D eigenvalue weighted by Crippen LogP contribution is -2.22. The number of aryl methyl sites for hydroxylation is 1.